The Morgan fingerprint density at radius 2 is 1.77 bits per heavy atom. The Hall–Kier alpha value is -4.06. The fourth-order valence-electron chi connectivity index (χ4n) is 3.56. The van der Waals surface area contributed by atoms with Gasteiger partial charge < -0.3 is 19.2 Å². The molecule has 6 heteroatoms. The average Bonchev–Trinajstić information content (AvgIpc) is 3.17. The molecule has 0 spiro atoms. The molecule has 5 aromatic rings. The number of ether oxygens (including phenoxy) is 3. The molecule has 0 bridgehead atoms. The number of nitrogens with zero attached hydrogens (tertiary/aromatic N) is 2. The van der Waals surface area contributed by atoms with Gasteiger partial charge in [0.25, 0.3) is 0 Å². The second kappa shape index (κ2) is 7.99. The van der Waals surface area contributed by atoms with E-state index in [4.69, 9.17) is 14.2 Å². The predicted octanol–water partition coefficient (Wildman–Crippen LogP) is 5.80. The van der Waals surface area contributed by atoms with Crippen LogP contribution < -0.4 is 14.2 Å². The molecular weight excluding hydrogens is 390 g/mol. The molecule has 0 fully saturated rings. The van der Waals surface area contributed by atoms with Crippen molar-refractivity contribution >= 4 is 21.8 Å². The number of benzene rings is 3. The van der Waals surface area contributed by atoms with Crippen molar-refractivity contribution in [2.24, 2.45) is 0 Å². The lowest BCUT2D eigenvalue weighted by molar-refractivity contribution is 0.285. The normalized spacial score (nSPS) is 11.0. The van der Waals surface area contributed by atoms with E-state index in [1.165, 1.54) is 6.33 Å². The highest BCUT2D eigenvalue weighted by atomic mass is 16.5. The van der Waals surface area contributed by atoms with Crippen molar-refractivity contribution in [3.05, 3.63) is 84.3 Å². The van der Waals surface area contributed by atoms with Crippen LogP contribution in [0, 0.1) is 6.92 Å². The van der Waals surface area contributed by atoms with E-state index in [2.05, 4.69) is 21.0 Å². The molecule has 0 saturated carbocycles. The molecule has 0 aliphatic heterocycles. The molecule has 0 radical (unpaired) electrons. The summed E-state index contributed by atoms with van der Waals surface area (Å²) in [5.74, 6) is 2.38. The van der Waals surface area contributed by atoms with Crippen LogP contribution >= 0.6 is 0 Å². The van der Waals surface area contributed by atoms with Crippen molar-refractivity contribution in [2.45, 2.75) is 13.5 Å². The summed E-state index contributed by atoms with van der Waals surface area (Å²) in [5, 5.41) is 1.83. The summed E-state index contributed by atoms with van der Waals surface area (Å²) in [6.45, 7) is 2.47. The SMILES string of the molecule is COc1cc2c(Oc3ccc4[nH]c(C)cc4c3)ncnc2cc1OCc1ccccc1. The topological polar surface area (TPSA) is 69.3 Å². The highest BCUT2D eigenvalue weighted by Gasteiger charge is 2.14. The molecule has 0 saturated heterocycles. The fourth-order valence-corrected chi connectivity index (χ4v) is 3.56. The minimum Gasteiger partial charge on any atom is -0.493 e. The average molecular weight is 411 g/mol. The van der Waals surface area contributed by atoms with Gasteiger partial charge in [-0.05, 0) is 42.8 Å². The smallest absolute Gasteiger partial charge is 0.230 e. The molecule has 2 aromatic heterocycles. The summed E-state index contributed by atoms with van der Waals surface area (Å²) in [4.78, 5) is 12.1. The molecule has 2 heterocycles. The van der Waals surface area contributed by atoms with Gasteiger partial charge in [0.1, 0.15) is 18.7 Å². The van der Waals surface area contributed by atoms with Gasteiger partial charge in [-0.3, -0.25) is 0 Å². The van der Waals surface area contributed by atoms with E-state index in [9.17, 15) is 0 Å². The summed E-state index contributed by atoms with van der Waals surface area (Å²) in [5.41, 5.74) is 3.96. The Bertz CT molecular complexity index is 1360. The van der Waals surface area contributed by atoms with Crippen LogP contribution in [0.4, 0.5) is 0 Å². The highest BCUT2D eigenvalue weighted by Crippen LogP contribution is 2.36. The fraction of sp³-hybridized carbons (Fsp3) is 0.120. The molecule has 0 aliphatic carbocycles. The van der Waals surface area contributed by atoms with Gasteiger partial charge in [-0.15, -0.1) is 0 Å². The first-order valence-electron chi connectivity index (χ1n) is 9.96. The maximum Gasteiger partial charge on any atom is 0.230 e. The van der Waals surface area contributed by atoms with Crippen molar-refractivity contribution in [3.63, 3.8) is 0 Å². The molecule has 0 aliphatic rings. The first kappa shape index (κ1) is 18.9. The van der Waals surface area contributed by atoms with Gasteiger partial charge >= 0.3 is 0 Å². The number of nitrogens with one attached hydrogen (secondary N) is 1. The second-order valence-corrected chi connectivity index (χ2v) is 7.28. The van der Waals surface area contributed by atoms with Crippen LogP contribution in [0.2, 0.25) is 0 Å². The van der Waals surface area contributed by atoms with Crippen molar-refractivity contribution < 1.29 is 14.2 Å². The third kappa shape index (κ3) is 3.88. The zero-order valence-electron chi connectivity index (χ0n) is 17.3. The first-order valence-corrected chi connectivity index (χ1v) is 9.96. The largest absolute Gasteiger partial charge is 0.493 e. The number of aromatic nitrogens is 3. The Labute approximate surface area is 179 Å². The van der Waals surface area contributed by atoms with E-state index in [0.717, 1.165) is 27.5 Å². The Kier molecular flexibility index (Phi) is 4.88. The van der Waals surface area contributed by atoms with E-state index in [1.54, 1.807) is 7.11 Å². The maximum absolute atomic E-state index is 6.12. The maximum atomic E-state index is 6.12. The summed E-state index contributed by atoms with van der Waals surface area (Å²) in [6, 6.07) is 21.7. The lowest BCUT2D eigenvalue weighted by Gasteiger charge is -2.13. The number of hydrogen-bond acceptors (Lipinski definition) is 5. The molecule has 6 nitrogen and oxygen atoms in total. The van der Waals surface area contributed by atoms with Gasteiger partial charge in [0.05, 0.1) is 18.0 Å². The molecule has 31 heavy (non-hydrogen) atoms. The van der Waals surface area contributed by atoms with Crippen LogP contribution in [0.5, 0.6) is 23.1 Å². The van der Waals surface area contributed by atoms with Crippen LogP contribution in [-0.2, 0) is 6.61 Å². The lowest BCUT2D eigenvalue weighted by atomic mass is 10.2. The van der Waals surface area contributed by atoms with Gasteiger partial charge in [-0.1, -0.05) is 30.3 Å². The summed E-state index contributed by atoms with van der Waals surface area (Å²) >= 11 is 0. The number of hydrogen-bond donors (Lipinski definition) is 1. The predicted molar refractivity (Wildman–Crippen MR) is 120 cm³/mol. The summed E-state index contributed by atoms with van der Waals surface area (Å²) in [7, 11) is 1.61. The number of aromatic amines is 1. The third-order valence-corrected chi connectivity index (χ3v) is 5.06. The van der Waals surface area contributed by atoms with Gasteiger partial charge in [0.15, 0.2) is 11.5 Å². The van der Waals surface area contributed by atoms with Gasteiger partial charge in [-0.2, -0.15) is 0 Å². The number of fused-ring (bicyclic) bond motifs is 2. The standard InChI is InChI=1S/C25H21N3O3/c1-16-10-18-11-19(8-9-21(18)28-16)31-25-20-12-23(29-2)24(13-22(20)26-15-27-25)30-14-17-6-4-3-5-7-17/h3-13,15,28H,14H2,1-2H3. The number of H-pyrrole nitrogens is 1. The van der Waals surface area contributed by atoms with Crippen LogP contribution in [0.25, 0.3) is 21.8 Å². The molecule has 5 rings (SSSR count). The van der Waals surface area contributed by atoms with E-state index < -0.39 is 0 Å². The number of methoxy groups -OCH3 is 1. The Balaban J connectivity index is 1.47. The van der Waals surface area contributed by atoms with Crippen molar-refractivity contribution in [1.82, 2.24) is 15.0 Å². The zero-order valence-corrected chi connectivity index (χ0v) is 17.3. The minimum atomic E-state index is 0.438. The number of aryl methyl sites for hydroxylation is 1. The molecule has 0 amide bonds. The lowest BCUT2D eigenvalue weighted by Crippen LogP contribution is -1.99. The van der Waals surface area contributed by atoms with E-state index in [1.807, 2.05) is 67.6 Å². The molecular formula is C25H21N3O3. The summed E-state index contributed by atoms with van der Waals surface area (Å²) in [6.07, 6.45) is 1.49. The first-order chi connectivity index (χ1) is 15.2. The monoisotopic (exact) mass is 411 g/mol. The van der Waals surface area contributed by atoms with Crippen molar-refractivity contribution in [3.8, 4) is 23.1 Å². The Morgan fingerprint density at radius 1 is 0.903 bits per heavy atom. The second-order valence-electron chi connectivity index (χ2n) is 7.28. The number of rotatable bonds is 6. The van der Waals surface area contributed by atoms with Crippen LogP contribution in [0.3, 0.4) is 0 Å². The van der Waals surface area contributed by atoms with Crippen LogP contribution in [0.1, 0.15) is 11.3 Å². The van der Waals surface area contributed by atoms with E-state index >= 15 is 0 Å². The van der Waals surface area contributed by atoms with E-state index in [0.29, 0.717) is 35.3 Å². The summed E-state index contributed by atoms with van der Waals surface area (Å²) < 4.78 is 17.7. The van der Waals surface area contributed by atoms with Gasteiger partial charge in [-0.25, -0.2) is 9.97 Å². The van der Waals surface area contributed by atoms with Crippen LogP contribution in [-0.4, -0.2) is 22.1 Å². The third-order valence-electron chi connectivity index (χ3n) is 5.06. The van der Waals surface area contributed by atoms with Crippen LogP contribution in [0.15, 0.2) is 73.1 Å². The molecule has 0 unspecified atom stereocenters. The highest BCUT2D eigenvalue weighted by molar-refractivity contribution is 5.87. The zero-order chi connectivity index (χ0) is 21.2. The molecule has 154 valence electrons. The molecule has 3 aromatic carbocycles. The molecule has 1 N–H and O–H groups in total. The van der Waals surface area contributed by atoms with Gasteiger partial charge in [0.2, 0.25) is 5.88 Å². The van der Waals surface area contributed by atoms with Crippen molar-refractivity contribution in [2.75, 3.05) is 7.11 Å². The Morgan fingerprint density at radius 3 is 2.61 bits per heavy atom. The van der Waals surface area contributed by atoms with E-state index in [-0.39, 0.29) is 0 Å². The quantitative estimate of drug-likeness (QED) is 0.382. The minimum absolute atomic E-state index is 0.438. The van der Waals surface area contributed by atoms with Gasteiger partial charge in [0, 0.05) is 22.7 Å². The van der Waals surface area contributed by atoms with Crippen molar-refractivity contribution in [1.29, 1.82) is 0 Å². The molecule has 0 atom stereocenters.